The molecule has 0 N–H and O–H groups in total. The standard InChI is InChI=1S/C15H22S/c1-10(2)14-6-5-13(9-11(14)3)12(4)15-7-8-16-15/h5-6,9-10,12,15H,7-8H2,1-4H3. The van der Waals surface area contributed by atoms with E-state index in [2.05, 4.69) is 57.7 Å². The zero-order valence-electron chi connectivity index (χ0n) is 10.8. The Morgan fingerprint density at radius 1 is 1.25 bits per heavy atom. The Bertz CT molecular complexity index is 364. The molecule has 1 saturated heterocycles. The van der Waals surface area contributed by atoms with Crippen LogP contribution in [0, 0.1) is 6.92 Å². The quantitative estimate of drug-likeness (QED) is 0.728. The third-order valence-electron chi connectivity index (χ3n) is 3.73. The van der Waals surface area contributed by atoms with E-state index < -0.39 is 0 Å². The lowest BCUT2D eigenvalue weighted by Gasteiger charge is -2.31. The molecule has 1 aromatic rings. The van der Waals surface area contributed by atoms with Gasteiger partial charge in [0, 0.05) is 5.25 Å². The summed E-state index contributed by atoms with van der Waals surface area (Å²) in [4.78, 5) is 0. The van der Waals surface area contributed by atoms with Gasteiger partial charge in [-0.1, -0.05) is 39.0 Å². The van der Waals surface area contributed by atoms with Crippen LogP contribution in [0.3, 0.4) is 0 Å². The van der Waals surface area contributed by atoms with Crippen molar-refractivity contribution in [2.24, 2.45) is 0 Å². The third-order valence-corrected chi connectivity index (χ3v) is 5.28. The predicted molar refractivity (Wildman–Crippen MR) is 74.5 cm³/mol. The Morgan fingerprint density at radius 3 is 2.38 bits per heavy atom. The first-order chi connectivity index (χ1) is 7.59. The fraction of sp³-hybridized carbons (Fsp3) is 0.600. The molecule has 1 aromatic carbocycles. The van der Waals surface area contributed by atoms with E-state index in [9.17, 15) is 0 Å². The Balaban J connectivity index is 2.19. The van der Waals surface area contributed by atoms with E-state index in [-0.39, 0.29) is 0 Å². The molecule has 0 bridgehead atoms. The molecule has 1 aliphatic heterocycles. The van der Waals surface area contributed by atoms with Gasteiger partial charge in [0.15, 0.2) is 0 Å². The summed E-state index contributed by atoms with van der Waals surface area (Å²) >= 11 is 2.12. The minimum atomic E-state index is 0.641. The van der Waals surface area contributed by atoms with Gasteiger partial charge in [-0.2, -0.15) is 11.8 Å². The second kappa shape index (κ2) is 4.83. The average Bonchev–Trinajstić information content (AvgIpc) is 2.14. The minimum absolute atomic E-state index is 0.641. The molecule has 1 aliphatic rings. The first-order valence-corrected chi connectivity index (χ1v) is 7.36. The van der Waals surface area contributed by atoms with E-state index in [1.54, 1.807) is 0 Å². The van der Waals surface area contributed by atoms with E-state index in [4.69, 9.17) is 0 Å². The van der Waals surface area contributed by atoms with Gasteiger partial charge in [0.25, 0.3) is 0 Å². The van der Waals surface area contributed by atoms with Gasteiger partial charge < -0.3 is 0 Å². The number of thioether (sulfide) groups is 1. The summed E-state index contributed by atoms with van der Waals surface area (Å²) in [5.74, 6) is 2.72. The lowest BCUT2D eigenvalue weighted by Crippen LogP contribution is -2.22. The Morgan fingerprint density at radius 2 is 1.94 bits per heavy atom. The Labute approximate surface area is 104 Å². The summed E-state index contributed by atoms with van der Waals surface area (Å²) in [5, 5.41) is 0.865. The zero-order valence-corrected chi connectivity index (χ0v) is 11.6. The second-order valence-corrected chi connectivity index (χ2v) is 6.60. The highest BCUT2D eigenvalue weighted by molar-refractivity contribution is 8.01. The van der Waals surface area contributed by atoms with Gasteiger partial charge in [-0.15, -0.1) is 0 Å². The van der Waals surface area contributed by atoms with Gasteiger partial charge in [-0.25, -0.2) is 0 Å². The highest BCUT2D eigenvalue weighted by Gasteiger charge is 2.25. The minimum Gasteiger partial charge on any atom is -0.158 e. The van der Waals surface area contributed by atoms with Crippen molar-refractivity contribution in [1.29, 1.82) is 0 Å². The summed E-state index contributed by atoms with van der Waals surface area (Å²) in [6.45, 7) is 9.17. The largest absolute Gasteiger partial charge is 0.158 e. The summed E-state index contributed by atoms with van der Waals surface area (Å²) < 4.78 is 0. The molecule has 0 saturated carbocycles. The lowest BCUT2D eigenvalue weighted by atomic mass is 9.90. The first kappa shape index (κ1) is 12.0. The molecular weight excluding hydrogens is 212 g/mol. The summed E-state index contributed by atoms with van der Waals surface area (Å²) in [6.07, 6.45) is 1.40. The van der Waals surface area contributed by atoms with Gasteiger partial charge >= 0.3 is 0 Å². The molecule has 16 heavy (non-hydrogen) atoms. The molecule has 0 nitrogen and oxygen atoms in total. The van der Waals surface area contributed by atoms with Gasteiger partial charge in [0.1, 0.15) is 0 Å². The van der Waals surface area contributed by atoms with Crippen LogP contribution in [0.5, 0.6) is 0 Å². The van der Waals surface area contributed by atoms with Crippen LogP contribution < -0.4 is 0 Å². The summed E-state index contributed by atoms with van der Waals surface area (Å²) in [7, 11) is 0. The average molecular weight is 234 g/mol. The number of hydrogen-bond donors (Lipinski definition) is 0. The van der Waals surface area contributed by atoms with Crippen LogP contribution in [0.25, 0.3) is 0 Å². The number of hydrogen-bond acceptors (Lipinski definition) is 1. The second-order valence-electron chi connectivity index (χ2n) is 5.26. The molecular formula is C15H22S. The fourth-order valence-electron chi connectivity index (χ4n) is 2.49. The molecule has 1 heterocycles. The molecule has 88 valence electrons. The van der Waals surface area contributed by atoms with E-state index in [1.807, 2.05) is 0 Å². The number of benzene rings is 1. The molecule has 0 spiro atoms. The van der Waals surface area contributed by atoms with Crippen LogP contribution in [0.4, 0.5) is 0 Å². The van der Waals surface area contributed by atoms with Crippen molar-refractivity contribution >= 4 is 11.8 Å². The monoisotopic (exact) mass is 234 g/mol. The Hall–Kier alpha value is -0.430. The van der Waals surface area contributed by atoms with E-state index in [0.29, 0.717) is 5.92 Å². The molecule has 0 aromatic heterocycles. The maximum atomic E-state index is 2.40. The molecule has 2 unspecified atom stereocenters. The zero-order chi connectivity index (χ0) is 11.7. The summed E-state index contributed by atoms with van der Waals surface area (Å²) in [6, 6.07) is 7.07. The molecule has 2 atom stereocenters. The van der Waals surface area contributed by atoms with Crippen molar-refractivity contribution in [3.63, 3.8) is 0 Å². The van der Waals surface area contributed by atoms with Crippen molar-refractivity contribution in [2.45, 2.75) is 51.2 Å². The molecule has 0 amide bonds. The topological polar surface area (TPSA) is 0 Å². The van der Waals surface area contributed by atoms with Crippen LogP contribution in [-0.4, -0.2) is 11.0 Å². The third kappa shape index (κ3) is 2.29. The Kier molecular flexibility index (Phi) is 3.63. The highest BCUT2D eigenvalue weighted by atomic mass is 32.2. The van der Waals surface area contributed by atoms with Crippen LogP contribution in [-0.2, 0) is 0 Å². The molecule has 0 aliphatic carbocycles. The van der Waals surface area contributed by atoms with Crippen molar-refractivity contribution in [1.82, 2.24) is 0 Å². The fourth-order valence-corrected chi connectivity index (χ4v) is 3.45. The van der Waals surface area contributed by atoms with Crippen molar-refractivity contribution in [3.05, 3.63) is 34.9 Å². The smallest absolute Gasteiger partial charge is 0.0121 e. The summed E-state index contributed by atoms with van der Waals surface area (Å²) in [5.41, 5.74) is 4.49. The van der Waals surface area contributed by atoms with Gasteiger partial charge in [-0.3, -0.25) is 0 Å². The number of aryl methyl sites for hydroxylation is 1. The van der Waals surface area contributed by atoms with E-state index >= 15 is 0 Å². The van der Waals surface area contributed by atoms with Crippen LogP contribution >= 0.6 is 11.8 Å². The molecule has 2 rings (SSSR count). The van der Waals surface area contributed by atoms with E-state index in [0.717, 1.165) is 11.2 Å². The predicted octanol–water partition coefficient (Wildman–Crippen LogP) is 4.73. The van der Waals surface area contributed by atoms with Crippen molar-refractivity contribution in [2.75, 3.05) is 5.75 Å². The van der Waals surface area contributed by atoms with E-state index in [1.165, 1.54) is 28.9 Å². The molecule has 0 radical (unpaired) electrons. The van der Waals surface area contributed by atoms with Crippen LogP contribution in [0.15, 0.2) is 18.2 Å². The first-order valence-electron chi connectivity index (χ1n) is 6.31. The maximum Gasteiger partial charge on any atom is 0.0121 e. The highest BCUT2D eigenvalue weighted by Crippen LogP contribution is 2.39. The van der Waals surface area contributed by atoms with Gasteiger partial charge in [0.2, 0.25) is 0 Å². The van der Waals surface area contributed by atoms with Gasteiger partial charge in [0.05, 0.1) is 0 Å². The maximum absolute atomic E-state index is 2.40. The normalized spacial score (nSPS) is 21.9. The van der Waals surface area contributed by atoms with Crippen molar-refractivity contribution < 1.29 is 0 Å². The SMILES string of the molecule is Cc1cc(C(C)C2CCS2)ccc1C(C)C. The van der Waals surface area contributed by atoms with Crippen molar-refractivity contribution in [3.8, 4) is 0 Å². The molecule has 1 fully saturated rings. The lowest BCUT2D eigenvalue weighted by molar-refractivity contribution is 0.656. The molecule has 1 heteroatoms. The van der Waals surface area contributed by atoms with Crippen LogP contribution in [0.1, 0.15) is 55.7 Å². The van der Waals surface area contributed by atoms with Gasteiger partial charge in [-0.05, 0) is 47.6 Å². The van der Waals surface area contributed by atoms with Crippen LogP contribution in [0.2, 0.25) is 0 Å². The number of rotatable bonds is 3.